The molecular formula is C12H10F2N2S. The molecule has 0 aliphatic heterocycles. The molecule has 0 unspecified atom stereocenters. The van der Waals surface area contributed by atoms with E-state index in [9.17, 15) is 8.78 Å². The summed E-state index contributed by atoms with van der Waals surface area (Å²) in [6, 6.07) is 5.08. The summed E-state index contributed by atoms with van der Waals surface area (Å²) in [6.07, 6.45) is 1.49. The number of aryl methyl sites for hydroxylation is 1. The third-order valence-electron chi connectivity index (χ3n) is 2.15. The number of nitrogen functional groups attached to an aromatic ring is 1. The SMILES string of the molecule is Cc1cc(N)cnc1Sc1cc(F)ccc1F. The molecule has 2 aromatic rings. The lowest BCUT2D eigenvalue weighted by Crippen LogP contribution is -1.92. The zero-order valence-corrected chi connectivity index (χ0v) is 9.89. The first-order chi connectivity index (χ1) is 8.06. The number of hydrogen-bond donors (Lipinski definition) is 1. The van der Waals surface area contributed by atoms with Crippen LogP contribution in [0.3, 0.4) is 0 Å². The van der Waals surface area contributed by atoms with Gasteiger partial charge in [0, 0.05) is 0 Å². The summed E-state index contributed by atoms with van der Waals surface area (Å²) in [5.41, 5.74) is 6.95. The monoisotopic (exact) mass is 252 g/mol. The maximum absolute atomic E-state index is 13.4. The van der Waals surface area contributed by atoms with Gasteiger partial charge in [-0.3, -0.25) is 0 Å². The second-order valence-corrected chi connectivity index (χ2v) is 4.60. The Hall–Kier alpha value is -1.62. The third kappa shape index (κ3) is 2.74. The topological polar surface area (TPSA) is 38.9 Å². The highest BCUT2D eigenvalue weighted by atomic mass is 32.2. The maximum Gasteiger partial charge on any atom is 0.137 e. The molecule has 0 saturated carbocycles. The molecule has 0 spiro atoms. The second-order valence-electron chi connectivity index (χ2n) is 3.57. The smallest absolute Gasteiger partial charge is 0.137 e. The number of pyridine rings is 1. The first-order valence-electron chi connectivity index (χ1n) is 4.91. The van der Waals surface area contributed by atoms with E-state index in [1.165, 1.54) is 6.20 Å². The zero-order valence-electron chi connectivity index (χ0n) is 9.08. The van der Waals surface area contributed by atoms with Gasteiger partial charge in [0.15, 0.2) is 0 Å². The predicted octanol–water partition coefficient (Wildman–Crippen LogP) is 3.40. The Bertz CT molecular complexity index is 558. The first-order valence-corrected chi connectivity index (χ1v) is 5.73. The van der Waals surface area contributed by atoms with Gasteiger partial charge < -0.3 is 5.73 Å². The summed E-state index contributed by atoms with van der Waals surface area (Å²) in [5, 5.41) is 0.615. The van der Waals surface area contributed by atoms with E-state index in [2.05, 4.69) is 4.98 Å². The average molecular weight is 252 g/mol. The molecule has 88 valence electrons. The van der Waals surface area contributed by atoms with Crippen molar-refractivity contribution in [1.82, 2.24) is 4.98 Å². The minimum atomic E-state index is -0.470. The Kier molecular flexibility index (Phi) is 3.28. The summed E-state index contributed by atoms with van der Waals surface area (Å²) in [5.74, 6) is -0.934. The van der Waals surface area contributed by atoms with Gasteiger partial charge >= 0.3 is 0 Å². The molecule has 0 saturated heterocycles. The van der Waals surface area contributed by atoms with Crippen molar-refractivity contribution in [3.63, 3.8) is 0 Å². The molecule has 0 radical (unpaired) electrons. The van der Waals surface area contributed by atoms with Gasteiger partial charge in [-0.1, -0.05) is 11.8 Å². The molecule has 1 aromatic carbocycles. The fourth-order valence-electron chi connectivity index (χ4n) is 1.35. The molecule has 0 atom stereocenters. The second kappa shape index (κ2) is 4.71. The van der Waals surface area contributed by atoms with Gasteiger partial charge in [0.1, 0.15) is 16.7 Å². The van der Waals surface area contributed by atoms with Crippen LogP contribution >= 0.6 is 11.8 Å². The molecule has 2 N–H and O–H groups in total. The normalized spacial score (nSPS) is 10.5. The van der Waals surface area contributed by atoms with Gasteiger partial charge in [-0.15, -0.1) is 0 Å². The van der Waals surface area contributed by atoms with Crippen molar-refractivity contribution in [1.29, 1.82) is 0 Å². The van der Waals surface area contributed by atoms with Gasteiger partial charge in [-0.05, 0) is 36.8 Å². The van der Waals surface area contributed by atoms with Crippen LogP contribution in [0.25, 0.3) is 0 Å². The lowest BCUT2D eigenvalue weighted by molar-refractivity contribution is 0.577. The summed E-state index contributed by atoms with van der Waals surface area (Å²) >= 11 is 1.08. The Balaban J connectivity index is 2.34. The molecule has 5 heteroatoms. The van der Waals surface area contributed by atoms with E-state index in [0.29, 0.717) is 10.7 Å². The number of nitrogens with zero attached hydrogens (tertiary/aromatic N) is 1. The van der Waals surface area contributed by atoms with Crippen molar-refractivity contribution in [2.24, 2.45) is 0 Å². The lowest BCUT2D eigenvalue weighted by Gasteiger charge is -2.06. The quantitative estimate of drug-likeness (QED) is 0.890. The number of aromatic nitrogens is 1. The molecular weight excluding hydrogens is 242 g/mol. The molecule has 0 fully saturated rings. The Labute approximate surface area is 102 Å². The number of anilines is 1. The van der Waals surface area contributed by atoms with Gasteiger partial charge in [-0.25, -0.2) is 13.8 Å². The van der Waals surface area contributed by atoms with E-state index in [-0.39, 0.29) is 4.90 Å². The van der Waals surface area contributed by atoms with Crippen LogP contribution in [0.4, 0.5) is 14.5 Å². The molecule has 2 rings (SSSR count). The number of benzene rings is 1. The molecule has 1 aromatic heterocycles. The van der Waals surface area contributed by atoms with Gasteiger partial charge in [-0.2, -0.15) is 0 Å². The fourth-order valence-corrected chi connectivity index (χ4v) is 2.22. The van der Waals surface area contributed by atoms with Crippen LogP contribution in [0.1, 0.15) is 5.56 Å². The Morgan fingerprint density at radius 2 is 2.00 bits per heavy atom. The van der Waals surface area contributed by atoms with E-state index in [1.54, 1.807) is 6.07 Å². The molecule has 0 amide bonds. The molecule has 17 heavy (non-hydrogen) atoms. The highest BCUT2D eigenvalue weighted by Gasteiger charge is 2.09. The number of nitrogens with two attached hydrogens (primary N) is 1. The van der Waals surface area contributed by atoms with Crippen molar-refractivity contribution in [3.8, 4) is 0 Å². The minimum absolute atomic E-state index is 0.213. The van der Waals surface area contributed by atoms with E-state index in [0.717, 1.165) is 35.5 Å². The third-order valence-corrected chi connectivity index (χ3v) is 3.30. The number of rotatable bonds is 2. The zero-order chi connectivity index (χ0) is 12.4. The van der Waals surface area contributed by atoms with Gasteiger partial charge in [0.05, 0.1) is 16.8 Å². The van der Waals surface area contributed by atoms with E-state index in [4.69, 9.17) is 5.73 Å². The maximum atomic E-state index is 13.4. The van der Waals surface area contributed by atoms with E-state index >= 15 is 0 Å². The number of hydrogen-bond acceptors (Lipinski definition) is 3. The van der Waals surface area contributed by atoms with Crippen molar-refractivity contribution in [2.75, 3.05) is 5.73 Å². The van der Waals surface area contributed by atoms with Crippen LogP contribution in [-0.4, -0.2) is 4.98 Å². The van der Waals surface area contributed by atoms with Gasteiger partial charge in [0.2, 0.25) is 0 Å². The van der Waals surface area contributed by atoms with Crippen LogP contribution in [-0.2, 0) is 0 Å². The lowest BCUT2D eigenvalue weighted by atomic mass is 10.3. The van der Waals surface area contributed by atoms with Crippen LogP contribution in [0, 0.1) is 18.6 Å². The standard InChI is InChI=1S/C12H10F2N2S/c1-7-4-9(15)6-16-12(7)17-11-5-8(13)2-3-10(11)14/h2-6H,15H2,1H3. The Morgan fingerprint density at radius 1 is 1.24 bits per heavy atom. The number of halogens is 2. The highest BCUT2D eigenvalue weighted by molar-refractivity contribution is 7.99. The molecule has 2 nitrogen and oxygen atoms in total. The summed E-state index contributed by atoms with van der Waals surface area (Å²) in [4.78, 5) is 4.31. The van der Waals surface area contributed by atoms with Crippen molar-refractivity contribution >= 4 is 17.4 Å². The van der Waals surface area contributed by atoms with Crippen molar-refractivity contribution < 1.29 is 8.78 Å². The largest absolute Gasteiger partial charge is 0.397 e. The molecule has 0 aliphatic rings. The summed E-state index contributed by atoms with van der Waals surface area (Å²) in [7, 11) is 0. The fraction of sp³-hybridized carbons (Fsp3) is 0.0833. The summed E-state index contributed by atoms with van der Waals surface area (Å²) in [6.45, 7) is 1.82. The highest BCUT2D eigenvalue weighted by Crippen LogP contribution is 2.31. The van der Waals surface area contributed by atoms with E-state index < -0.39 is 11.6 Å². The Morgan fingerprint density at radius 3 is 2.71 bits per heavy atom. The van der Waals surface area contributed by atoms with Gasteiger partial charge in [0.25, 0.3) is 0 Å². The van der Waals surface area contributed by atoms with E-state index in [1.807, 2.05) is 6.92 Å². The first kappa shape index (κ1) is 11.9. The van der Waals surface area contributed by atoms with Crippen LogP contribution < -0.4 is 5.73 Å². The summed E-state index contributed by atoms with van der Waals surface area (Å²) < 4.78 is 26.4. The van der Waals surface area contributed by atoms with Crippen LogP contribution in [0.5, 0.6) is 0 Å². The van der Waals surface area contributed by atoms with Crippen LogP contribution in [0.15, 0.2) is 40.4 Å². The molecule has 0 aliphatic carbocycles. The van der Waals surface area contributed by atoms with Crippen molar-refractivity contribution in [2.45, 2.75) is 16.8 Å². The molecule has 0 bridgehead atoms. The van der Waals surface area contributed by atoms with Crippen molar-refractivity contribution in [3.05, 3.63) is 47.7 Å². The average Bonchev–Trinajstić information content (AvgIpc) is 2.27. The van der Waals surface area contributed by atoms with Crippen LogP contribution in [0.2, 0.25) is 0 Å². The minimum Gasteiger partial charge on any atom is -0.397 e. The molecule has 1 heterocycles. The predicted molar refractivity (Wildman–Crippen MR) is 63.9 cm³/mol.